The highest BCUT2D eigenvalue weighted by Crippen LogP contribution is 2.28. The van der Waals surface area contributed by atoms with Crippen molar-refractivity contribution in [2.75, 3.05) is 47.6 Å². The third-order valence-electron chi connectivity index (χ3n) is 3.12. The zero-order valence-corrected chi connectivity index (χ0v) is 14.1. The third-order valence-corrected chi connectivity index (χ3v) is 5.04. The molecule has 1 rings (SSSR count). The molecule has 0 spiro atoms. The highest BCUT2D eigenvalue weighted by Gasteiger charge is 2.28. The minimum Gasteiger partial charge on any atom is -0.495 e. The van der Waals surface area contributed by atoms with E-state index in [4.69, 9.17) is 19.3 Å². The van der Waals surface area contributed by atoms with E-state index in [0.717, 1.165) is 6.07 Å². The number of methoxy groups -OCH3 is 3. The summed E-state index contributed by atoms with van der Waals surface area (Å²) < 4.78 is 41.8. The van der Waals surface area contributed by atoms with Gasteiger partial charge < -0.3 is 19.3 Å². The average molecular weight is 347 g/mol. The number of carboxylic acids is 1. The number of benzene rings is 1. The van der Waals surface area contributed by atoms with Crippen LogP contribution in [-0.2, 0) is 19.5 Å². The number of nitrogens with zero attached hydrogens (tertiary/aromatic N) is 1. The van der Waals surface area contributed by atoms with Gasteiger partial charge in [-0.25, -0.2) is 13.2 Å². The van der Waals surface area contributed by atoms with Crippen molar-refractivity contribution >= 4 is 16.0 Å². The molecule has 0 heterocycles. The smallest absolute Gasteiger partial charge is 0.335 e. The fourth-order valence-corrected chi connectivity index (χ4v) is 3.48. The van der Waals surface area contributed by atoms with Crippen LogP contribution in [0.1, 0.15) is 10.4 Å². The summed E-state index contributed by atoms with van der Waals surface area (Å²) in [5.41, 5.74) is -0.136. The Bertz CT molecular complexity index is 622. The Balaban J connectivity index is 3.30. The number of carboxylic acid groups (broad SMARTS) is 1. The van der Waals surface area contributed by atoms with E-state index in [-0.39, 0.29) is 42.5 Å². The van der Waals surface area contributed by atoms with Gasteiger partial charge in [0.2, 0.25) is 10.0 Å². The number of carbonyl (C=O) groups is 1. The molecule has 0 saturated carbocycles. The van der Waals surface area contributed by atoms with Crippen LogP contribution in [-0.4, -0.2) is 71.4 Å². The molecule has 1 N–H and O–H groups in total. The van der Waals surface area contributed by atoms with E-state index in [1.807, 2.05) is 0 Å². The molecular weight excluding hydrogens is 326 g/mol. The maximum Gasteiger partial charge on any atom is 0.335 e. The van der Waals surface area contributed by atoms with Gasteiger partial charge >= 0.3 is 5.97 Å². The Hall–Kier alpha value is -1.68. The van der Waals surface area contributed by atoms with Crippen LogP contribution in [0.3, 0.4) is 0 Å². The fourth-order valence-electron chi connectivity index (χ4n) is 1.89. The molecule has 0 atom stereocenters. The van der Waals surface area contributed by atoms with E-state index < -0.39 is 16.0 Å². The summed E-state index contributed by atoms with van der Waals surface area (Å²) in [5, 5.41) is 9.07. The van der Waals surface area contributed by atoms with Crippen molar-refractivity contribution in [3.05, 3.63) is 23.8 Å². The first-order valence-electron chi connectivity index (χ1n) is 6.77. The molecule has 0 aliphatic rings. The lowest BCUT2D eigenvalue weighted by Gasteiger charge is -2.22. The highest BCUT2D eigenvalue weighted by molar-refractivity contribution is 7.89. The summed E-state index contributed by atoms with van der Waals surface area (Å²) in [6, 6.07) is 3.69. The standard InChI is InChI=1S/C14H21NO7S/c1-20-8-6-15(7-9-21-2)23(18,19)13-10-11(14(16)17)4-5-12(13)22-3/h4-5,10H,6-9H2,1-3H3,(H,16,17). The highest BCUT2D eigenvalue weighted by atomic mass is 32.2. The lowest BCUT2D eigenvalue weighted by molar-refractivity contribution is 0.0696. The number of hydrogen-bond acceptors (Lipinski definition) is 6. The first-order chi connectivity index (χ1) is 10.9. The largest absolute Gasteiger partial charge is 0.495 e. The molecule has 0 fully saturated rings. The second-order valence-corrected chi connectivity index (χ2v) is 6.47. The second-order valence-electron chi connectivity index (χ2n) is 4.56. The average Bonchev–Trinajstić information content (AvgIpc) is 2.53. The molecule has 8 nitrogen and oxygen atoms in total. The zero-order valence-electron chi connectivity index (χ0n) is 13.3. The van der Waals surface area contributed by atoms with Crippen molar-refractivity contribution in [1.82, 2.24) is 4.31 Å². The van der Waals surface area contributed by atoms with Crippen molar-refractivity contribution in [2.24, 2.45) is 0 Å². The maximum absolute atomic E-state index is 12.8. The van der Waals surface area contributed by atoms with Gasteiger partial charge in [-0.3, -0.25) is 0 Å². The van der Waals surface area contributed by atoms with Crippen molar-refractivity contribution < 1.29 is 32.5 Å². The van der Waals surface area contributed by atoms with E-state index in [1.165, 1.54) is 37.8 Å². The molecule has 0 aromatic heterocycles. The van der Waals surface area contributed by atoms with E-state index in [1.54, 1.807) is 0 Å². The minimum atomic E-state index is -3.96. The van der Waals surface area contributed by atoms with Crippen LogP contribution in [0.4, 0.5) is 0 Å². The first-order valence-corrected chi connectivity index (χ1v) is 8.21. The van der Waals surface area contributed by atoms with Gasteiger partial charge in [0.15, 0.2) is 0 Å². The van der Waals surface area contributed by atoms with Crippen LogP contribution in [0.15, 0.2) is 23.1 Å². The molecule has 1 aromatic carbocycles. The summed E-state index contributed by atoms with van der Waals surface area (Å²) >= 11 is 0. The van der Waals surface area contributed by atoms with E-state index in [0.29, 0.717) is 0 Å². The lowest BCUT2D eigenvalue weighted by Crippen LogP contribution is -2.36. The Morgan fingerprint density at radius 3 is 2.13 bits per heavy atom. The quantitative estimate of drug-likeness (QED) is 0.664. The molecule has 0 saturated heterocycles. The van der Waals surface area contributed by atoms with Crippen LogP contribution in [0.5, 0.6) is 5.75 Å². The van der Waals surface area contributed by atoms with E-state index >= 15 is 0 Å². The van der Waals surface area contributed by atoms with Crippen molar-refractivity contribution in [3.63, 3.8) is 0 Å². The molecule has 130 valence electrons. The number of sulfonamides is 1. The number of rotatable bonds is 10. The monoisotopic (exact) mass is 347 g/mol. The van der Waals surface area contributed by atoms with Gasteiger partial charge in [-0.05, 0) is 18.2 Å². The SMILES string of the molecule is COCCN(CCOC)S(=O)(=O)c1cc(C(=O)O)ccc1OC. The van der Waals surface area contributed by atoms with Crippen LogP contribution in [0.2, 0.25) is 0 Å². The summed E-state index contributed by atoms with van der Waals surface area (Å²) in [6.45, 7) is 0.624. The minimum absolute atomic E-state index is 0.0785. The van der Waals surface area contributed by atoms with Crippen LogP contribution in [0, 0.1) is 0 Å². The number of aromatic carboxylic acids is 1. The Kier molecular flexibility index (Phi) is 7.43. The molecule has 0 radical (unpaired) electrons. The summed E-state index contributed by atoms with van der Waals surface area (Å²) in [6.07, 6.45) is 0. The topological polar surface area (TPSA) is 102 Å². The molecule has 0 unspecified atom stereocenters. The first kappa shape index (κ1) is 19.4. The zero-order chi connectivity index (χ0) is 17.5. The second kappa shape index (κ2) is 8.82. The van der Waals surface area contributed by atoms with Gasteiger partial charge in [-0.1, -0.05) is 0 Å². The molecule has 0 amide bonds. The molecular formula is C14H21NO7S. The van der Waals surface area contributed by atoms with Crippen LogP contribution >= 0.6 is 0 Å². The molecule has 0 aliphatic carbocycles. The molecule has 1 aromatic rings. The number of ether oxygens (including phenoxy) is 3. The predicted octanol–water partition coefficient (Wildman–Crippen LogP) is 0.677. The maximum atomic E-state index is 12.8. The number of hydrogen-bond donors (Lipinski definition) is 1. The van der Waals surface area contributed by atoms with Gasteiger partial charge in [0.05, 0.1) is 25.9 Å². The van der Waals surface area contributed by atoms with Gasteiger partial charge in [0, 0.05) is 27.3 Å². The fraction of sp³-hybridized carbons (Fsp3) is 0.500. The lowest BCUT2D eigenvalue weighted by atomic mass is 10.2. The Labute approximate surface area is 135 Å². The summed E-state index contributed by atoms with van der Waals surface area (Å²) in [5.74, 6) is -1.14. The van der Waals surface area contributed by atoms with Gasteiger partial charge in [-0.2, -0.15) is 4.31 Å². The van der Waals surface area contributed by atoms with Crippen molar-refractivity contribution in [2.45, 2.75) is 4.90 Å². The molecule has 0 bridgehead atoms. The van der Waals surface area contributed by atoms with Crippen LogP contribution < -0.4 is 4.74 Å². The Morgan fingerprint density at radius 1 is 1.13 bits per heavy atom. The van der Waals surface area contributed by atoms with Gasteiger partial charge in [-0.15, -0.1) is 0 Å². The molecule has 0 aliphatic heterocycles. The van der Waals surface area contributed by atoms with Gasteiger partial charge in [0.25, 0.3) is 0 Å². The third kappa shape index (κ3) is 4.90. The molecule has 23 heavy (non-hydrogen) atoms. The normalized spacial score (nSPS) is 11.7. The molecule has 9 heteroatoms. The summed E-state index contributed by atoms with van der Waals surface area (Å²) in [4.78, 5) is 10.9. The van der Waals surface area contributed by atoms with E-state index in [9.17, 15) is 13.2 Å². The predicted molar refractivity (Wildman–Crippen MR) is 82.5 cm³/mol. The van der Waals surface area contributed by atoms with Crippen LogP contribution in [0.25, 0.3) is 0 Å². The van der Waals surface area contributed by atoms with Crippen molar-refractivity contribution in [1.29, 1.82) is 0 Å². The van der Waals surface area contributed by atoms with E-state index in [2.05, 4.69) is 0 Å². The van der Waals surface area contributed by atoms with Crippen molar-refractivity contribution in [3.8, 4) is 5.75 Å². The van der Waals surface area contributed by atoms with Gasteiger partial charge in [0.1, 0.15) is 10.6 Å². The summed E-state index contributed by atoms with van der Waals surface area (Å²) in [7, 11) is 0.294. The Morgan fingerprint density at radius 2 is 1.70 bits per heavy atom.